The monoisotopic (exact) mass is 537 g/mol. The van der Waals surface area contributed by atoms with E-state index in [1.54, 1.807) is 12.1 Å². The van der Waals surface area contributed by atoms with Crippen LogP contribution in [0.2, 0.25) is 5.02 Å². The summed E-state index contributed by atoms with van der Waals surface area (Å²) in [6.45, 7) is 5.55. The van der Waals surface area contributed by atoms with Gasteiger partial charge in [-0.05, 0) is 68.3 Å². The fourth-order valence-corrected chi connectivity index (χ4v) is 4.88. The van der Waals surface area contributed by atoms with Gasteiger partial charge in [-0.15, -0.1) is 0 Å². The molecule has 1 N–H and O–H groups in total. The van der Waals surface area contributed by atoms with Crippen molar-refractivity contribution < 1.29 is 28.9 Å². The van der Waals surface area contributed by atoms with Crippen LogP contribution in [0.4, 0.5) is 0 Å². The van der Waals surface area contributed by atoms with E-state index in [9.17, 15) is 14.7 Å². The van der Waals surface area contributed by atoms with Gasteiger partial charge < -0.3 is 24.2 Å². The molecule has 0 aliphatic carbocycles. The van der Waals surface area contributed by atoms with Crippen molar-refractivity contribution in [2.75, 3.05) is 13.7 Å². The number of carbonyl (C=O) groups excluding carboxylic acids is 1. The number of carboxylic acids is 1. The van der Waals surface area contributed by atoms with E-state index >= 15 is 0 Å². The number of ether oxygens (including phenoxy) is 3. The molecule has 0 unspecified atom stereocenters. The number of hydrogen-bond donors (Lipinski definition) is 1. The summed E-state index contributed by atoms with van der Waals surface area (Å²) in [5.74, 6) is 0.198. The Labute approximate surface area is 227 Å². The average molecular weight is 538 g/mol. The van der Waals surface area contributed by atoms with Gasteiger partial charge in [0.25, 0.3) is 5.91 Å². The highest BCUT2D eigenvalue weighted by Crippen LogP contribution is 2.44. The van der Waals surface area contributed by atoms with Crippen molar-refractivity contribution >= 4 is 23.5 Å². The highest BCUT2D eigenvalue weighted by molar-refractivity contribution is 6.30. The Balaban J connectivity index is 1.59. The Morgan fingerprint density at radius 3 is 2.50 bits per heavy atom. The zero-order valence-electron chi connectivity index (χ0n) is 22.0. The van der Waals surface area contributed by atoms with Crippen LogP contribution >= 0.6 is 11.6 Å². The van der Waals surface area contributed by atoms with E-state index in [4.69, 9.17) is 25.8 Å². The van der Waals surface area contributed by atoms with Crippen molar-refractivity contribution in [2.45, 2.75) is 51.9 Å². The summed E-state index contributed by atoms with van der Waals surface area (Å²) in [5, 5.41) is 10.2. The van der Waals surface area contributed by atoms with Crippen LogP contribution in [0.15, 0.2) is 60.7 Å². The summed E-state index contributed by atoms with van der Waals surface area (Å²) >= 11 is 6.03. The number of hydrogen-bond acceptors (Lipinski definition) is 5. The lowest BCUT2D eigenvalue weighted by Gasteiger charge is -2.24. The zero-order valence-corrected chi connectivity index (χ0v) is 22.7. The van der Waals surface area contributed by atoms with Crippen molar-refractivity contribution in [3.63, 3.8) is 0 Å². The maximum Gasteiger partial charge on any atom is 0.323 e. The summed E-state index contributed by atoms with van der Waals surface area (Å²) in [6, 6.07) is 18.4. The lowest BCUT2D eigenvalue weighted by molar-refractivity contribution is -0.137. The zero-order chi connectivity index (χ0) is 27.4. The predicted molar refractivity (Wildman–Crippen MR) is 145 cm³/mol. The number of methoxy groups -OCH3 is 1. The van der Waals surface area contributed by atoms with Gasteiger partial charge >= 0.3 is 5.97 Å². The Morgan fingerprint density at radius 1 is 1.11 bits per heavy atom. The van der Waals surface area contributed by atoms with Crippen molar-refractivity contribution in [1.29, 1.82) is 0 Å². The molecule has 7 nitrogen and oxygen atoms in total. The van der Waals surface area contributed by atoms with Crippen molar-refractivity contribution in [3.05, 3.63) is 87.9 Å². The summed E-state index contributed by atoms with van der Waals surface area (Å²) in [7, 11) is 1.53. The molecule has 38 heavy (non-hydrogen) atoms. The van der Waals surface area contributed by atoms with Crippen LogP contribution in [0.25, 0.3) is 0 Å². The Hall–Kier alpha value is -3.71. The fourth-order valence-electron chi connectivity index (χ4n) is 4.76. The molecule has 0 fully saturated rings. The number of nitrogens with zero attached hydrogens (tertiary/aromatic N) is 1. The molecule has 0 radical (unpaired) electrons. The van der Waals surface area contributed by atoms with Crippen molar-refractivity contribution in [1.82, 2.24) is 4.90 Å². The van der Waals surface area contributed by atoms with Crippen LogP contribution in [0, 0.1) is 0 Å². The van der Waals surface area contributed by atoms with Gasteiger partial charge in [0.15, 0.2) is 11.5 Å². The maximum atomic E-state index is 13.6. The number of halogens is 1. The number of rotatable bonds is 10. The molecular formula is C30H32ClNO6. The molecule has 1 amide bonds. The summed E-state index contributed by atoms with van der Waals surface area (Å²) < 4.78 is 17.7. The van der Waals surface area contributed by atoms with Gasteiger partial charge in [-0.2, -0.15) is 0 Å². The minimum Gasteiger partial charge on any atom is -0.493 e. The third-order valence-corrected chi connectivity index (χ3v) is 6.51. The molecule has 3 aromatic carbocycles. The molecule has 1 atom stereocenters. The van der Waals surface area contributed by atoms with Crippen LogP contribution in [0.1, 0.15) is 47.8 Å². The lowest BCUT2D eigenvalue weighted by Crippen LogP contribution is -2.35. The van der Waals surface area contributed by atoms with E-state index in [0.29, 0.717) is 40.7 Å². The second-order valence-corrected chi connectivity index (χ2v) is 10.5. The van der Waals surface area contributed by atoms with E-state index in [1.807, 2.05) is 69.3 Å². The molecule has 0 spiro atoms. The molecule has 1 aliphatic rings. The number of fused-ring (bicyclic) bond motifs is 1. The molecule has 1 heterocycles. The Morgan fingerprint density at radius 2 is 1.84 bits per heavy atom. The average Bonchev–Trinajstić information content (AvgIpc) is 3.19. The molecule has 0 bridgehead atoms. The summed E-state index contributed by atoms with van der Waals surface area (Å²) in [5.41, 5.74) is 2.49. The molecule has 200 valence electrons. The van der Waals surface area contributed by atoms with E-state index < -0.39 is 24.0 Å². The van der Waals surface area contributed by atoms with Crippen molar-refractivity contribution in [2.24, 2.45) is 0 Å². The number of carbonyl (C=O) groups is 2. The van der Waals surface area contributed by atoms with Gasteiger partial charge in [0.2, 0.25) is 0 Å². The maximum absolute atomic E-state index is 13.6. The minimum absolute atomic E-state index is 0.00604. The number of aliphatic carboxylic acids is 1. The van der Waals surface area contributed by atoms with E-state index in [0.717, 1.165) is 16.7 Å². The molecule has 0 saturated carbocycles. The number of carboxylic acid groups (broad SMARTS) is 1. The van der Waals surface area contributed by atoms with Crippen LogP contribution in [-0.4, -0.2) is 47.2 Å². The molecule has 8 heteroatoms. The molecule has 4 rings (SSSR count). The van der Waals surface area contributed by atoms with Gasteiger partial charge in [0, 0.05) is 35.5 Å². The summed E-state index contributed by atoms with van der Waals surface area (Å²) in [6.07, 6.45) is 1.20. The fraction of sp³-hybridized carbons (Fsp3) is 0.333. The predicted octanol–water partition coefficient (Wildman–Crippen LogP) is 5.80. The standard InChI is InChI=1S/C30H32ClNO6/c1-19(2)37-25-7-5-6-21(12-25)17-32(18-27(33)34)29(35)22-13-23-16-30(3,38-28(23)26(14-22)36-4)15-20-8-10-24(31)11-9-20/h5-14,19H,15-18H2,1-4H3,(H,33,34)/t30-/m1/s1. The highest BCUT2D eigenvalue weighted by Gasteiger charge is 2.38. The highest BCUT2D eigenvalue weighted by atomic mass is 35.5. The topological polar surface area (TPSA) is 85.3 Å². The van der Waals surface area contributed by atoms with Gasteiger partial charge in [-0.25, -0.2) is 0 Å². The second-order valence-electron chi connectivity index (χ2n) is 10.1. The number of benzene rings is 3. The third kappa shape index (κ3) is 6.58. The molecular weight excluding hydrogens is 506 g/mol. The second kappa shape index (κ2) is 11.4. The van der Waals surface area contributed by atoms with Gasteiger partial charge in [-0.1, -0.05) is 35.9 Å². The van der Waals surface area contributed by atoms with Crippen LogP contribution in [0.5, 0.6) is 17.2 Å². The van der Waals surface area contributed by atoms with E-state index in [-0.39, 0.29) is 12.6 Å². The molecule has 1 aliphatic heterocycles. The SMILES string of the molecule is COc1cc(C(=O)N(CC(=O)O)Cc2cccc(OC(C)C)c2)cc2c1O[C@](C)(Cc1ccc(Cl)cc1)C2. The van der Waals surface area contributed by atoms with Crippen molar-refractivity contribution in [3.8, 4) is 17.2 Å². The quantitative estimate of drug-likeness (QED) is 0.352. The third-order valence-electron chi connectivity index (χ3n) is 6.26. The molecule has 0 aromatic heterocycles. The smallest absolute Gasteiger partial charge is 0.323 e. The Bertz CT molecular complexity index is 1320. The first-order chi connectivity index (χ1) is 18.0. The first kappa shape index (κ1) is 27.3. The Kier molecular flexibility index (Phi) is 8.17. The molecule has 0 saturated heterocycles. The van der Waals surface area contributed by atoms with Crippen LogP contribution < -0.4 is 14.2 Å². The van der Waals surface area contributed by atoms with Gasteiger partial charge in [0.05, 0.1) is 13.2 Å². The lowest BCUT2D eigenvalue weighted by atomic mass is 9.91. The molecule has 3 aromatic rings. The van der Waals surface area contributed by atoms with Gasteiger partial charge in [-0.3, -0.25) is 9.59 Å². The first-order valence-electron chi connectivity index (χ1n) is 12.5. The normalized spacial score (nSPS) is 16.1. The van der Waals surface area contributed by atoms with Gasteiger partial charge in [0.1, 0.15) is 17.9 Å². The van der Waals surface area contributed by atoms with Crippen LogP contribution in [-0.2, 0) is 24.2 Å². The first-order valence-corrected chi connectivity index (χ1v) is 12.8. The number of amides is 1. The van der Waals surface area contributed by atoms with E-state index in [2.05, 4.69) is 0 Å². The summed E-state index contributed by atoms with van der Waals surface area (Å²) in [4.78, 5) is 26.6. The largest absolute Gasteiger partial charge is 0.493 e. The minimum atomic E-state index is -1.10. The van der Waals surface area contributed by atoms with Crippen LogP contribution in [0.3, 0.4) is 0 Å². The van der Waals surface area contributed by atoms with E-state index in [1.165, 1.54) is 12.0 Å².